The Morgan fingerprint density at radius 3 is 2.73 bits per heavy atom. The van der Waals surface area contributed by atoms with Crippen LogP contribution in [0.3, 0.4) is 0 Å². The first-order valence-electron chi connectivity index (χ1n) is 8.17. The lowest BCUT2D eigenvalue weighted by molar-refractivity contribution is -0.121. The smallest absolute Gasteiger partial charge is 0.281 e. The molecule has 0 spiro atoms. The number of nitrogens with zero attached hydrogens (tertiary/aromatic N) is 2. The van der Waals surface area contributed by atoms with Gasteiger partial charge in [0, 0.05) is 18.1 Å². The Kier molecular flexibility index (Phi) is 6.08. The Morgan fingerprint density at radius 1 is 1.27 bits per heavy atom. The van der Waals surface area contributed by atoms with Gasteiger partial charge in [-0.25, -0.2) is 4.98 Å². The molecule has 1 aromatic heterocycles. The third kappa shape index (κ3) is 4.51. The van der Waals surface area contributed by atoms with E-state index in [4.69, 9.17) is 16.3 Å². The summed E-state index contributed by atoms with van der Waals surface area (Å²) in [5, 5.41) is 1.31. The molecule has 7 nitrogen and oxygen atoms in total. The number of nitrogens with one attached hydrogen (secondary N) is 2. The average molecular weight is 395 g/mol. The first kappa shape index (κ1) is 18.6. The number of hydrazine groups is 1. The summed E-state index contributed by atoms with van der Waals surface area (Å²) in [4.78, 5) is 31.4. The molecule has 0 atom stereocenters. The lowest BCUT2D eigenvalue weighted by Gasteiger charge is -2.25. The van der Waals surface area contributed by atoms with E-state index in [1.54, 1.807) is 31.2 Å². The summed E-state index contributed by atoms with van der Waals surface area (Å²) in [7, 11) is 0. The van der Waals surface area contributed by atoms with Crippen LogP contribution in [0.15, 0.2) is 24.3 Å². The summed E-state index contributed by atoms with van der Waals surface area (Å²) in [5.74, 6) is -0.728. The topological polar surface area (TPSA) is 83.6 Å². The van der Waals surface area contributed by atoms with Gasteiger partial charge in [0.25, 0.3) is 5.91 Å². The van der Waals surface area contributed by atoms with Gasteiger partial charge < -0.3 is 9.64 Å². The van der Waals surface area contributed by atoms with Crippen molar-refractivity contribution in [2.24, 2.45) is 0 Å². The molecule has 1 aliphatic rings. The van der Waals surface area contributed by atoms with E-state index in [1.165, 1.54) is 11.3 Å². The van der Waals surface area contributed by atoms with Crippen molar-refractivity contribution < 1.29 is 14.3 Å². The van der Waals surface area contributed by atoms with Gasteiger partial charge >= 0.3 is 0 Å². The molecule has 2 N–H and O–H groups in total. The maximum Gasteiger partial charge on any atom is 0.281 e. The number of carbonyl (C=O) groups excluding carboxylic acids is 2. The summed E-state index contributed by atoms with van der Waals surface area (Å²) in [6, 6.07) is 7.09. The minimum Gasteiger partial charge on any atom is -0.378 e. The van der Waals surface area contributed by atoms with Crippen LogP contribution >= 0.6 is 22.9 Å². The number of aromatic nitrogens is 1. The minimum absolute atomic E-state index is 0.0840. The number of thiazole rings is 1. The maximum atomic E-state index is 12.4. The Labute approximate surface area is 160 Å². The van der Waals surface area contributed by atoms with Crippen LogP contribution in [-0.2, 0) is 16.0 Å². The summed E-state index contributed by atoms with van der Waals surface area (Å²) in [6.07, 6.45) is 0.0840. The Bertz CT molecular complexity index is 805. The number of amides is 2. The summed E-state index contributed by atoms with van der Waals surface area (Å²) >= 11 is 7.34. The van der Waals surface area contributed by atoms with Gasteiger partial charge in [-0.05, 0) is 18.6 Å². The minimum atomic E-state index is -0.382. The number of rotatable bonds is 4. The van der Waals surface area contributed by atoms with E-state index in [0.717, 1.165) is 18.2 Å². The predicted octanol–water partition coefficient (Wildman–Crippen LogP) is 1.95. The van der Waals surface area contributed by atoms with E-state index < -0.39 is 0 Å². The molecule has 0 aliphatic carbocycles. The molecule has 1 aromatic carbocycles. The van der Waals surface area contributed by atoms with Gasteiger partial charge in [0.1, 0.15) is 4.88 Å². The van der Waals surface area contributed by atoms with Gasteiger partial charge in [0.05, 0.1) is 25.3 Å². The third-order valence-corrected chi connectivity index (χ3v) is 5.48. The molecule has 0 radical (unpaired) electrons. The second-order valence-corrected chi connectivity index (χ2v) is 7.17. The molecule has 1 aliphatic heterocycles. The normalized spacial score (nSPS) is 14.2. The molecular weight excluding hydrogens is 376 g/mol. The van der Waals surface area contributed by atoms with Gasteiger partial charge in [0.15, 0.2) is 5.13 Å². The monoisotopic (exact) mass is 394 g/mol. The molecule has 1 saturated heterocycles. The van der Waals surface area contributed by atoms with Crippen molar-refractivity contribution in [3.05, 3.63) is 45.4 Å². The predicted molar refractivity (Wildman–Crippen MR) is 101 cm³/mol. The van der Waals surface area contributed by atoms with Crippen molar-refractivity contribution in [2.75, 3.05) is 31.2 Å². The van der Waals surface area contributed by atoms with Crippen LogP contribution in [-0.4, -0.2) is 43.1 Å². The number of aryl methyl sites for hydroxylation is 1. The molecule has 26 heavy (non-hydrogen) atoms. The fourth-order valence-electron chi connectivity index (χ4n) is 2.52. The van der Waals surface area contributed by atoms with Crippen LogP contribution in [0.2, 0.25) is 5.02 Å². The molecule has 1 fully saturated rings. The van der Waals surface area contributed by atoms with E-state index in [-0.39, 0.29) is 18.2 Å². The standard InChI is InChI=1S/C17H19ClN4O3S/c1-11-15(26-17(19-11)22-6-8-25-9-7-22)16(24)21-20-14(23)10-12-4-2-3-5-13(12)18/h2-5H,6-10H2,1H3,(H,20,23)(H,21,24). The van der Waals surface area contributed by atoms with Gasteiger partial charge in [-0.3, -0.25) is 20.4 Å². The molecule has 0 unspecified atom stereocenters. The largest absolute Gasteiger partial charge is 0.378 e. The quantitative estimate of drug-likeness (QED) is 0.774. The fourth-order valence-corrected chi connectivity index (χ4v) is 3.74. The van der Waals surface area contributed by atoms with Crippen LogP contribution in [0.5, 0.6) is 0 Å². The van der Waals surface area contributed by atoms with Gasteiger partial charge in [-0.1, -0.05) is 41.1 Å². The van der Waals surface area contributed by atoms with Gasteiger partial charge in [0.2, 0.25) is 5.91 Å². The SMILES string of the molecule is Cc1nc(N2CCOCC2)sc1C(=O)NNC(=O)Cc1ccccc1Cl. The molecular formula is C17H19ClN4O3S. The van der Waals surface area contributed by atoms with E-state index >= 15 is 0 Å². The van der Waals surface area contributed by atoms with Crippen molar-refractivity contribution in [1.29, 1.82) is 0 Å². The first-order chi connectivity index (χ1) is 12.5. The van der Waals surface area contributed by atoms with Gasteiger partial charge in [-0.2, -0.15) is 0 Å². The summed E-state index contributed by atoms with van der Waals surface area (Å²) in [6.45, 7) is 4.59. The van der Waals surface area contributed by atoms with Crippen molar-refractivity contribution in [3.63, 3.8) is 0 Å². The zero-order chi connectivity index (χ0) is 18.5. The van der Waals surface area contributed by atoms with Crippen LogP contribution in [0.25, 0.3) is 0 Å². The molecule has 0 saturated carbocycles. The van der Waals surface area contributed by atoms with Crippen molar-refractivity contribution in [3.8, 4) is 0 Å². The van der Waals surface area contributed by atoms with Gasteiger partial charge in [-0.15, -0.1) is 0 Å². The second kappa shape index (κ2) is 8.48. The molecule has 0 bridgehead atoms. The Morgan fingerprint density at radius 2 is 2.00 bits per heavy atom. The number of hydrogen-bond donors (Lipinski definition) is 2. The van der Waals surface area contributed by atoms with Crippen molar-refractivity contribution in [1.82, 2.24) is 15.8 Å². The Hall–Kier alpha value is -2.16. The summed E-state index contributed by atoms with van der Waals surface area (Å²) < 4.78 is 5.33. The van der Waals surface area contributed by atoms with Crippen molar-refractivity contribution in [2.45, 2.75) is 13.3 Å². The van der Waals surface area contributed by atoms with Crippen molar-refractivity contribution >= 4 is 39.9 Å². The lowest BCUT2D eigenvalue weighted by Crippen LogP contribution is -2.42. The second-order valence-electron chi connectivity index (χ2n) is 5.78. The number of carbonyl (C=O) groups is 2. The first-order valence-corrected chi connectivity index (χ1v) is 9.37. The zero-order valence-electron chi connectivity index (χ0n) is 14.3. The summed E-state index contributed by atoms with van der Waals surface area (Å²) in [5.41, 5.74) is 6.19. The number of benzene rings is 1. The van der Waals surface area contributed by atoms with Crippen LogP contribution in [0, 0.1) is 6.92 Å². The number of ether oxygens (including phenoxy) is 1. The van der Waals surface area contributed by atoms with E-state index in [0.29, 0.717) is 34.4 Å². The molecule has 138 valence electrons. The zero-order valence-corrected chi connectivity index (χ0v) is 15.8. The highest BCUT2D eigenvalue weighted by Crippen LogP contribution is 2.26. The number of hydrogen-bond acceptors (Lipinski definition) is 6. The highest BCUT2D eigenvalue weighted by Gasteiger charge is 2.20. The third-order valence-electron chi connectivity index (χ3n) is 3.90. The molecule has 3 rings (SSSR count). The molecule has 2 aromatic rings. The van der Waals surface area contributed by atoms with E-state index in [9.17, 15) is 9.59 Å². The Balaban J connectivity index is 1.57. The van der Waals surface area contributed by atoms with Crippen LogP contribution < -0.4 is 15.8 Å². The van der Waals surface area contributed by atoms with Crippen LogP contribution in [0.1, 0.15) is 20.9 Å². The van der Waals surface area contributed by atoms with E-state index in [2.05, 4.69) is 20.7 Å². The molecule has 2 amide bonds. The number of morpholine rings is 1. The number of anilines is 1. The molecule has 2 heterocycles. The maximum absolute atomic E-state index is 12.4. The highest BCUT2D eigenvalue weighted by atomic mass is 35.5. The lowest BCUT2D eigenvalue weighted by atomic mass is 10.1. The van der Waals surface area contributed by atoms with Crippen LogP contribution in [0.4, 0.5) is 5.13 Å². The highest BCUT2D eigenvalue weighted by molar-refractivity contribution is 7.17. The van der Waals surface area contributed by atoms with E-state index in [1.807, 2.05) is 0 Å². The number of halogens is 1. The average Bonchev–Trinajstić information content (AvgIpc) is 3.04. The molecule has 9 heteroatoms. The fraction of sp³-hybridized carbons (Fsp3) is 0.353.